The van der Waals surface area contributed by atoms with Crippen LogP contribution in [0.3, 0.4) is 0 Å². The number of rotatable bonds is 3. The van der Waals surface area contributed by atoms with Crippen molar-refractivity contribution in [3.05, 3.63) is 24.0 Å². The number of nitrogens with two attached hydrogens (primary N) is 1. The molecule has 1 aromatic carbocycles. The molecule has 4 nitrogen and oxygen atoms in total. The summed E-state index contributed by atoms with van der Waals surface area (Å²) in [6, 6.07) is 4.47. The first-order valence-corrected chi connectivity index (χ1v) is 4.61. The van der Waals surface area contributed by atoms with Gasteiger partial charge in [-0.15, -0.1) is 0 Å². The summed E-state index contributed by atoms with van der Waals surface area (Å²) in [5, 5.41) is 4.16. The molecule has 2 rings (SSSR count). The van der Waals surface area contributed by atoms with E-state index in [1.54, 1.807) is 12.1 Å². The van der Waals surface area contributed by atoms with E-state index in [1.807, 2.05) is 6.92 Å². The standard InChI is InChI=1S/C10H11FN2O2/c1-6(12)5-14-10-7-3-2-4-8(11)9(7)15-13-10/h2-4,6H,5,12H2,1H3. The van der Waals surface area contributed by atoms with Gasteiger partial charge in [0.15, 0.2) is 5.82 Å². The first-order valence-electron chi connectivity index (χ1n) is 4.61. The van der Waals surface area contributed by atoms with Gasteiger partial charge < -0.3 is 15.0 Å². The maximum atomic E-state index is 13.2. The van der Waals surface area contributed by atoms with Gasteiger partial charge in [-0.25, -0.2) is 4.39 Å². The molecule has 1 aromatic heterocycles. The molecule has 0 aliphatic carbocycles. The van der Waals surface area contributed by atoms with Gasteiger partial charge in [0.05, 0.1) is 5.39 Å². The number of benzene rings is 1. The SMILES string of the molecule is CC(N)COc1noc2c(F)cccc12. The quantitative estimate of drug-likeness (QED) is 0.837. The highest BCUT2D eigenvalue weighted by atomic mass is 19.1. The van der Waals surface area contributed by atoms with Crippen molar-refractivity contribution in [1.29, 1.82) is 0 Å². The maximum absolute atomic E-state index is 13.2. The van der Waals surface area contributed by atoms with Gasteiger partial charge in [0, 0.05) is 6.04 Å². The number of hydrogen-bond acceptors (Lipinski definition) is 4. The second kappa shape index (κ2) is 3.86. The molecule has 1 atom stereocenters. The zero-order valence-corrected chi connectivity index (χ0v) is 8.24. The molecular weight excluding hydrogens is 199 g/mol. The van der Waals surface area contributed by atoms with Gasteiger partial charge >= 0.3 is 0 Å². The zero-order chi connectivity index (χ0) is 10.8. The highest BCUT2D eigenvalue weighted by molar-refractivity contribution is 5.82. The third-order valence-corrected chi connectivity index (χ3v) is 1.90. The normalized spacial score (nSPS) is 13.0. The Labute approximate surface area is 85.8 Å². The molecule has 0 radical (unpaired) electrons. The number of aromatic nitrogens is 1. The number of halogens is 1. The van der Waals surface area contributed by atoms with E-state index in [0.29, 0.717) is 12.0 Å². The van der Waals surface area contributed by atoms with Crippen LogP contribution in [0.4, 0.5) is 4.39 Å². The fourth-order valence-electron chi connectivity index (χ4n) is 1.22. The Hall–Kier alpha value is -1.62. The highest BCUT2D eigenvalue weighted by Gasteiger charge is 2.12. The predicted molar refractivity (Wildman–Crippen MR) is 53.1 cm³/mol. The zero-order valence-electron chi connectivity index (χ0n) is 8.24. The molecule has 2 aromatic rings. The first-order chi connectivity index (χ1) is 7.18. The fraction of sp³-hybridized carbons (Fsp3) is 0.300. The number of hydrogen-bond donors (Lipinski definition) is 1. The predicted octanol–water partition coefficient (Wildman–Crippen LogP) is 1.69. The second-order valence-corrected chi connectivity index (χ2v) is 3.39. The Balaban J connectivity index is 2.33. The van der Waals surface area contributed by atoms with Crippen molar-refractivity contribution in [2.75, 3.05) is 6.61 Å². The van der Waals surface area contributed by atoms with Gasteiger partial charge in [-0.3, -0.25) is 0 Å². The lowest BCUT2D eigenvalue weighted by molar-refractivity contribution is 0.268. The van der Waals surface area contributed by atoms with Crippen LogP contribution in [0.2, 0.25) is 0 Å². The van der Waals surface area contributed by atoms with Gasteiger partial charge in [0.1, 0.15) is 6.61 Å². The molecule has 0 saturated carbocycles. The van der Waals surface area contributed by atoms with Gasteiger partial charge in [-0.05, 0) is 24.2 Å². The van der Waals surface area contributed by atoms with Crippen molar-refractivity contribution < 1.29 is 13.7 Å². The molecule has 15 heavy (non-hydrogen) atoms. The Bertz CT molecular complexity index is 467. The van der Waals surface area contributed by atoms with Crippen LogP contribution in [-0.2, 0) is 0 Å². The number of para-hydroxylation sites is 1. The molecule has 2 N–H and O–H groups in total. The van der Waals surface area contributed by atoms with E-state index < -0.39 is 5.82 Å². The Morgan fingerprint density at radius 2 is 2.40 bits per heavy atom. The molecule has 80 valence electrons. The van der Waals surface area contributed by atoms with E-state index in [4.69, 9.17) is 15.0 Å². The number of ether oxygens (including phenoxy) is 1. The molecule has 1 unspecified atom stereocenters. The fourth-order valence-corrected chi connectivity index (χ4v) is 1.22. The van der Waals surface area contributed by atoms with Crippen molar-refractivity contribution in [3.63, 3.8) is 0 Å². The van der Waals surface area contributed by atoms with E-state index >= 15 is 0 Å². The van der Waals surface area contributed by atoms with Crippen LogP contribution >= 0.6 is 0 Å². The van der Waals surface area contributed by atoms with E-state index in [1.165, 1.54) is 6.07 Å². The Kier molecular flexibility index (Phi) is 2.55. The summed E-state index contributed by atoms with van der Waals surface area (Å²) in [5.74, 6) is -0.169. The second-order valence-electron chi connectivity index (χ2n) is 3.39. The maximum Gasteiger partial charge on any atom is 0.262 e. The van der Waals surface area contributed by atoms with E-state index in [0.717, 1.165) is 0 Å². The average molecular weight is 210 g/mol. The summed E-state index contributed by atoms with van der Waals surface area (Å²) in [4.78, 5) is 0. The van der Waals surface area contributed by atoms with Gasteiger partial charge in [0.25, 0.3) is 5.88 Å². The van der Waals surface area contributed by atoms with E-state index in [9.17, 15) is 4.39 Å². The van der Waals surface area contributed by atoms with Crippen LogP contribution in [0.1, 0.15) is 6.92 Å². The van der Waals surface area contributed by atoms with Crippen molar-refractivity contribution in [3.8, 4) is 5.88 Å². The average Bonchev–Trinajstić information content (AvgIpc) is 2.59. The molecule has 0 aliphatic heterocycles. The third-order valence-electron chi connectivity index (χ3n) is 1.90. The van der Waals surface area contributed by atoms with E-state index in [-0.39, 0.29) is 17.5 Å². The molecule has 5 heteroatoms. The summed E-state index contributed by atoms with van der Waals surface area (Å²) in [6.45, 7) is 2.13. The summed E-state index contributed by atoms with van der Waals surface area (Å²) in [6.07, 6.45) is 0. The summed E-state index contributed by atoms with van der Waals surface area (Å²) in [7, 11) is 0. The molecular formula is C10H11FN2O2. The highest BCUT2D eigenvalue weighted by Crippen LogP contribution is 2.26. The lowest BCUT2D eigenvalue weighted by atomic mass is 10.2. The van der Waals surface area contributed by atoms with Crippen molar-refractivity contribution >= 4 is 11.0 Å². The topological polar surface area (TPSA) is 61.3 Å². The summed E-state index contributed by atoms with van der Waals surface area (Å²) in [5.41, 5.74) is 5.63. The lowest BCUT2D eigenvalue weighted by Gasteiger charge is -2.04. The van der Waals surface area contributed by atoms with Crippen LogP contribution in [-0.4, -0.2) is 17.8 Å². The Morgan fingerprint density at radius 3 is 3.13 bits per heavy atom. The summed E-state index contributed by atoms with van der Waals surface area (Å²) >= 11 is 0. The van der Waals surface area contributed by atoms with E-state index in [2.05, 4.69) is 5.16 Å². The molecule has 0 fully saturated rings. The number of fused-ring (bicyclic) bond motifs is 1. The van der Waals surface area contributed by atoms with Crippen LogP contribution < -0.4 is 10.5 Å². The largest absolute Gasteiger partial charge is 0.473 e. The van der Waals surface area contributed by atoms with Crippen LogP contribution in [0.25, 0.3) is 11.0 Å². The number of nitrogens with zero attached hydrogens (tertiary/aromatic N) is 1. The van der Waals surface area contributed by atoms with Crippen LogP contribution in [0.5, 0.6) is 5.88 Å². The van der Waals surface area contributed by atoms with Crippen molar-refractivity contribution in [2.45, 2.75) is 13.0 Å². The summed E-state index contributed by atoms with van der Waals surface area (Å²) < 4.78 is 23.3. The molecule has 1 heterocycles. The van der Waals surface area contributed by atoms with Crippen LogP contribution in [0, 0.1) is 5.82 Å². The molecule has 0 aliphatic rings. The van der Waals surface area contributed by atoms with Gasteiger partial charge in [-0.2, -0.15) is 0 Å². The van der Waals surface area contributed by atoms with Gasteiger partial charge in [0.2, 0.25) is 5.58 Å². The smallest absolute Gasteiger partial charge is 0.262 e. The molecule has 0 spiro atoms. The van der Waals surface area contributed by atoms with Gasteiger partial charge in [-0.1, -0.05) is 6.07 Å². The monoisotopic (exact) mass is 210 g/mol. The third kappa shape index (κ3) is 1.92. The minimum absolute atomic E-state index is 0.106. The lowest BCUT2D eigenvalue weighted by Crippen LogP contribution is -2.23. The Morgan fingerprint density at radius 1 is 1.60 bits per heavy atom. The minimum Gasteiger partial charge on any atom is -0.473 e. The molecule has 0 amide bonds. The minimum atomic E-state index is -0.448. The molecule has 0 saturated heterocycles. The molecule has 0 bridgehead atoms. The van der Waals surface area contributed by atoms with Crippen LogP contribution in [0.15, 0.2) is 22.7 Å². The van der Waals surface area contributed by atoms with Crippen molar-refractivity contribution in [2.24, 2.45) is 5.73 Å². The van der Waals surface area contributed by atoms with Crippen molar-refractivity contribution in [1.82, 2.24) is 5.16 Å². The first kappa shape index (κ1) is 9.92.